The van der Waals surface area contributed by atoms with E-state index in [1.807, 2.05) is 18.2 Å². The predicted octanol–water partition coefficient (Wildman–Crippen LogP) is 3.69. The second-order valence-electron chi connectivity index (χ2n) is 6.00. The molecule has 1 N–H and O–H groups in total. The number of carbonyl (C=O) groups is 1. The molecule has 5 heteroatoms. The highest BCUT2D eigenvalue weighted by molar-refractivity contribution is 9.10. The number of carbonyl (C=O) groups excluding carboxylic acids is 1. The second kappa shape index (κ2) is 6.89. The molecule has 2 aromatic rings. The van der Waals surface area contributed by atoms with Crippen LogP contribution < -0.4 is 0 Å². The average Bonchev–Trinajstić information content (AvgIpc) is 2.57. The van der Waals surface area contributed by atoms with Gasteiger partial charge in [0.1, 0.15) is 5.75 Å². The zero-order chi connectivity index (χ0) is 16.4. The van der Waals surface area contributed by atoms with Gasteiger partial charge in [0.05, 0.1) is 13.0 Å². The van der Waals surface area contributed by atoms with Crippen molar-refractivity contribution in [2.75, 3.05) is 20.2 Å². The van der Waals surface area contributed by atoms with Crippen molar-refractivity contribution in [2.24, 2.45) is 5.92 Å². The molecule has 23 heavy (non-hydrogen) atoms. The van der Waals surface area contributed by atoms with Gasteiger partial charge in [-0.2, -0.15) is 0 Å². The van der Waals surface area contributed by atoms with E-state index in [2.05, 4.69) is 26.9 Å². The third-order valence-electron chi connectivity index (χ3n) is 4.57. The first kappa shape index (κ1) is 16.3. The van der Waals surface area contributed by atoms with Crippen LogP contribution in [0.3, 0.4) is 0 Å². The monoisotopic (exact) mass is 377 g/mol. The zero-order valence-corrected chi connectivity index (χ0v) is 14.7. The maximum Gasteiger partial charge on any atom is 0.308 e. The summed E-state index contributed by atoms with van der Waals surface area (Å²) in [5, 5.41) is 12.5. The van der Waals surface area contributed by atoms with Gasteiger partial charge in [-0.15, -0.1) is 0 Å². The summed E-state index contributed by atoms with van der Waals surface area (Å²) < 4.78 is 5.86. The van der Waals surface area contributed by atoms with Crippen LogP contribution in [0.15, 0.2) is 34.8 Å². The number of fused-ring (bicyclic) bond motifs is 1. The lowest BCUT2D eigenvalue weighted by Gasteiger charge is -2.31. The molecule has 3 rings (SSSR count). The molecule has 0 radical (unpaired) electrons. The van der Waals surface area contributed by atoms with Crippen molar-refractivity contribution in [1.82, 2.24) is 4.90 Å². The van der Waals surface area contributed by atoms with E-state index in [9.17, 15) is 9.90 Å². The fraction of sp³-hybridized carbons (Fsp3) is 0.389. The molecular weight excluding hydrogens is 358 g/mol. The Kier molecular flexibility index (Phi) is 4.87. The summed E-state index contributed by atoms with van der Waals surface area (Å²) in [5.41, 5.74) is 0.950. The van der Waals surface area contributed by atoms with Crippen molar-refractivity contribution < 1.29 is 14.6 Å². The van der Waals surface area contributed by atoms with Gasteiger partial charge in [-0.05, 0) is 54.9 Å². The summed E-state index contributed by atoms with van der Waals surface area (Å²) in [7, 11) is 1.45. The number of halogens is 1. The minimum Gasteiger partial charge on any atom is -0.508 e. The fourth-order valence-corrected chi connectivity index (χ4v) is 3.62. The van der Waals surface area contributed by atoms with Crippen molar-refractivity contribution >= 4 is 32.7 Å². The van der Waals surface area contributed by atoms with Gasteiger partial charge in [0.25, 0.3) is 0 Å². The second-order valence-corrected chi connectivity index (χ2v) is 6.92. The standard InChI is InChI=1S/C18H20BrNO3/c1-23-18(22)12-6-8-20(9-7-12)11-16-15-4-3-14(19)10-13(15)2-5-17(16)21/h2-5,10,12,21H,6-9,11H2,1H3. The van der Waals surface area contributed by atoms with Crippen molar-refractivity contribution in [2.45, 2.75) is 19.4 Å². The average molecular weight is 378 g/mol. The van der Waals surface area contributed by atoms with E-state index in [0.29, 0.717) is 12.3 Å². The highest BCUT2D eigenvalue weighted by Crippen LogP contribution is 2.31. The molecule has 0 bridgehead atoms. The van der Waals surface area contributed by atoms with Gasteiger partial charge in [0.2, 0.25) is 0 Å². The van der Waals surface area contributed by atoms with Crippen LogP contribution in [0.25, 0.3) is 10.8 Å². The summed E-state index contributed by atoms with van der Waals surface area (Å²) in [6, 6.07) is 9.78. The van der Waals surface area contributed by atoms with Crippen LogP contribution in [0.5, 0.6) is 5.75 Å². The molecule has 4 nitrogen and oxygen atoms in total. The number of aromatic hydroxyl groups is 1. The molecule has 1 aliphatic rings. The van der Waals surface area contributed by atoms with Crippen LogP contribution in [0.2, 0.25) is 0 Å². The molecule has 0 aromatic heterocycles. The van der Waals surface area contributed by atoms with Crippen LogP contribution >= 0.6 is 15.9 Å². The lowest BCUT2D eigenvalue weighted by atomic mass is 9.96. The summed E-state index contributed by atoms with van der Waals surface area (Å²) in [6.07, 6.45) is 1.62. The van der Waals surface area contributed by atoms with Crippen molar-refractivity contribution in [3.05, 3.63) is 40.4 Å². The molecule has 1 aliphatic heterocycles. The number of benzene rings is 2. The van der Waals surface area contributed by atoms with E-state index in [-0.39, 0.29) is 11.9 Å². The van der Waals surface area contributed by atoms with E-state index in [0.717, 1.165) is 46.7 Å². The Balaban J connectivity index is 1.77. The fourth-order valence-electron chi connectivity index (χ4n) is 3.24. The molecule has 0 aliphatic carbocycles. The smallest absolute Gasteiger partial charge is 0.308 e. The lowest BCUT2D eigenvalue weighted by molar-refractivity contribution is -0.147. The quantitative estimate of drug-likeness (QED) is 0.828. The molecule has 122 valence electrons. The van der Waals surface area contributed by atoms with Crippen molar-refractivity contribution in [1.29, 1.82) is 0 Å². The number of methoxy groups -OCH3 is 1. The van der Waals surface area contributed by atoms with Gasteiger partial charge in [0.15, 0.2) is 0 Å². The van der Waals surface area contributed by atoms with Crippen LogP contribution in [0, 0.1) is 5.92 Å². The van der Waals surface area contributed by atoms with Gasteiger partial charge < -0.3 is 9.84 Å². The first-order valence-corrected chi connectivity index (χ1v) is 8.58. The third kappa shape index (κ3) is 3.51. The number of hydrogen-bond donors (Lipinski definition) is 1. The van der Waals surface area contributed by atoms with Gasteiger partial charge >= 0.3 is 5.97 Å². The van der Waals surface area contributed by atoms with E-state index in [1.54, 1.807) is 6.07 Å². The van der Waals surface area contributed by atoms with Crippen LogP contribution in [0.4, 0.5) is 0 Å². The minimum atomic E-state index is -0.109. The van der Waals surface area contributed by atoms with E-state index < -0.39 is 0 Å². The SMILES string of the molecule is COC(=O)C1CCN(Cc2c(O)ccc3cc(Br)ccc23)CC1. The molecule has 1 fully saturated rings. The molecule has 0 unspecified atom stereocenters. The minimum absolute atomic E-state index is 0.00770. The summed E-state index contributed by atoms with van der Waals surface area (Å²) in [4.78, 5) is 13.9. The van der Waals surface area contributed by atoms with Crippen molar-refractivity contribution in [3.8, 4) is 5.75 Å². The number of phenolic OH excluding ortho intramolecular Hbond substituents is 1. The first-order valence-electron chi connectivity index (χ1n) is 7.79. The molecule has 0 amide bonds. The van der Waals surface area contributed by atoms with Gasteiger partial charge in [-0.25, -0.2) is 0 Å². The number of ether oxygens (including phenoxy) is 1. The number of rotatable bonds is 3. The molecule has 0 atom stereocenters. The molecular formula is C18H20BrNO3. The van der Waals surface area contributed by atoms with E-state index in [4.69, 9.17) is 4.74 Å². The van der Waals surface area contributed by atoms with E-state index >= 15 is 0 Å². The van der Waals surface area contributed by atoms with E-state index in [1.165, 1.54) is 7.11 Å². The summed E-state index contributed by atoms with van der Waals surface area (Å²) in [5.74, 6) is 0.228. The Bertz CT molecular complexity index is 724. The molecule has 0 spiro atoms. The van der Waals surface area contributed by atoms with Crippen LogP contribution in [-0.4, -0.2) is 36.2 Å². The third-order valence-corrected chi connectivity index (χ3v) is 5.07. The maximum atomic E-state index is 11.6. The highest BCUT2D eigenvalue weighted by atomic mass is 79.9. The molecule has 1 heterocycles. The van der Waals surface area contributed by atoms with Crippen molar-refractivity contribution in [3.63, 3.8) is 0 Å². The maximum absolute atomic E-state index is 11.6. The Morgan fingerprint density at radius 1 is 1.30 bits per heavy atom. The number of hydrogen-bond acceptors (Lipinski definition) is 4. The Labute approximate surface area is 144 Å². The summed E-state index contributed by atoms with van der Waals surface area (Å²) in [6.45, 7) is 2.37. The number of piperidine rings is 1. The highest BCUT2D eigenvalue weighted by Gasteiger charge is 2.26. The van der Waals surface area contributed by atoms with Crippen LogP contribution in [-0.2, 0) is 16.1 Å². The topological polar surface area (TPSA) is 49.8 Å². The molecule has 2 aromatic carbocycles. The van der Waals surface area contributed by atoms with Gasteiger partial charge in [-0.1, -0.05) is 28.1 Å². The largest absolute Gasteiger partial charge is 0.508 e. The molecule has 0 saturated carbocycles. The molecule has 1 saturated heterocycles. The Morgan fingerprint density at radius 3 is 2.74 bits per heavy atom. The normalized spacial score (nSPS) is 16.6. The van der Waals surface area contributed by atoms with Gasteiger partial charge in [-0.3, -0.25) is 9.69 Å². The number of phenols is 1. The predicted molar refractivity (Wildman–Crippen MR) is 93.3 cm³/mol. The van der Waals surface area contributed by atoms with Crippen LogP contribution in [0.1, 0.15) is 18.4 Å². The number of nitrogens with zero attached hydrogens (tertiary/aromatic N) is 1. The number of esters is 1. The Hall–Kier alpha value is -1.59. The zero-order valence-electron chi connectivity index (χ0n) is 13.1. The van der Waals surface area contributed by atoms with Gasteiger partial charge in [0, 0.05) is 16.6 Å². The summed E-state index contributed by atoms with van der Waals surface area (Å²) >= 11 is 3.48. The lowest BCUT2D eigenvalue weighted by Crippen LogP contribution is -2.36. The first-order chi connectivity index (χ1) is 11.1. The Morgan fingerprint density at radius 2 is 2.04 bits per heavy atom. The number of likely N-dealkylation sites (tertiary alicyclic amines) is 1.